The van der Waals surface area contributed by atoms with Crippen molar-refractivity contribution in [2.45, 2.75) is 70.6 Å². The highest BCUT2D eigenvalue weighted by Gasteiger charge is 2.44. The molecule has 1 saturated carbocycles. The summed E-state index contributed by atoms with van der Waals surface area (Å²) in [4.78, 5) is 33.9. The quantitative estimate of drug-likeness (QED) is 0.141. The first kappa shape index (κ1) is 32.1. The predicted molar refractivity (Wildman–Crippen MR) is 171 cm³/mol. The van der Waals surface area contributed by atoms with Gasteiger partial charge in [-0.2, -0.15) is 0 Å². The van der Waals surface area contributed by atoms with Crippen LogP contribution in [0.25, 0.3) is 0 Å². The van der Waals surface area contributed by atoms with Crippen LogP contribution in [0.4, 0.5) is 31.7 Å². The molecule has 1 spiro atoms. The maximum Gasteiger partial charge on any atom is 0.305 e. The molecule has 12 heteroatoms. The number of carbonyl (C=O) groups is 2. The van der Waals surface area contributed by atoms with Gasteiger partial charge in [-0.05, 0) is 79.8 Å². The number of anilines is 4. The van der Waals surface area contributed by atoms with Crippen molar-refractivity contribution in [3.63, 3.8) is 0 Å². The van der Waals surface area contributed by atoms with Crippen molar-refractivity contribution >= 4 is 46.7 Å². The fraction of sp³-hybridized carbons (Fsp3) is 0.594. The highest BCUT2D eigenvalue weighted by atomic mass is 32.2. The third-order valence-corrected chi connectivity index (χ3v) is 9.58. The van der Waals surface area contributed by atoms with Gasteiger partial charge in [-0.15, -0.1) is 0 Å². The normalized spacial score (nSPS) is 18.5. The first-order chi connectivity index (χ1) is 21.2. The van der Waals surface area contributed by atoms with E-state index in [2.05, 4.69) is 19.9 Å². The monoisotopic (exact) mass is 631 g/mol. The minimum absolute atomic E-state index is 0.135. The van der Waals surface area contributed by atoms with Crippen LogP contribution in [0.1, 0.15) is 75.2 Å². The minimum atomic E-state index is -2.69. The van der Waals surface area contributed by atoms with Gasteiger partial charge >= 0.3 is 5.97 Å². The number of hydrogen-bond donors (Lipinski definition) is 2. The van der Waals surface area contributed by atoms with Crippen LogP contribution in [0, 0.1) is 5.41 Å². The summed E-state index contributed by atoms with van der Waals surface area (Å²) in [7, 11) is 1.50. The molecule has 2 aliphatic heterocycles. The zero-order valence-corrected chi connectivity index (χ0v) is 26.4. The van der Waals surface area contributed by atoms with Crippen LogP contribution in [-0.2, 0) is 9.53 Å². The maximum absolute atomic E-state index is 13.8. The molecule has 1 aromatic heterocycles. The third kappa shape index (κ3) is 8.25. The van der Waals surface area contributed by atoms with E-state index in [9.17, 15) is 18.4 Å². The van der Waals surface area contributed by atoms with Gasteiger partial charge in [0.15, 0.2) is 11.6 Å². The van der Waals surface area contributed by atoms with Gasteiger partial charge in [-0.3, -0.25) is 9.59 Å². The molecule has 2 N–H and O–H groups in total. The Morgan fingerprint density at radius 1 is 1.00 bits per heavy atom. The van der Waals surface area contributed by atoms with E-state index >= 15 is 0 Å². The summed E-state index contributed by atoms with van der Waals surface area (Å²) < 4.78 is 41.7. The molecule has 1 amide bonds. The number of benzene rings is 1. The predicted octanol–water partition coefficient (Wildman–Crippen LogP) is 6.75. The van der Waals surface area contributed by atoms with Gasteiger partial charge in [0.1, 0.15) is 12.3 Å². The zero-order valence-electron chi connectivity index (χ0n) is 25.6. The Morgan fingerprint density at radius 2 is 1.73 bits per heavy atom. The Morgan fingerprint density at radius 3 is 2.41 bits per heavy atom. The molecule has 3 aliphatic rings. The van der Waals surface area contributed by atoms with Crippen molar-refractivity contribution in [1.82, 2.24) is 4.98 Å². The van der Waals surface area contributed by atoms with Crippen molar-refractivity contribution in [1.29, 1.82) is 0 Å². The molecule has 240 valence electrons. The molecule has 5 rings (SSSR count). The number of esters is 1. The minimum Gasteiger partial charge on any atom is -0.493 e. The number of alkyl halides is 2. The Kier molecular flexibility index (Phi) is 10.4. The van der Waals surface area contributed by atoms with E-state index in [1.165, 1.54) is 31.9 Å². The standard InChI is InChI=1S/C32H43F2N5O4S/c1-3-4-5-28(40)43-20-21-44-37-23-6-7-24(26(22-23)38-16-12-31(10-11-31)13-17-38)36-30(41)25-8-9-27(42-2)29(35-25)39-18-14-32(33,34)15-19-39/h6-9,22,37H,3-5,10-21H2,1-2H3,(H,36,41). The molecule has 0 radical (unpaired) electrons. The third-order valence-electron chi connectivity index (χ3n) is 8.83. The Balaban J connectivity index is 1.27. The molecule has 2 aromatic rings. The molecular formula is C32H43F2N5O4S. The first-order valence-electron chi connectivity index (χ1n) is 15.6. The smallest absolute Gasteiger partial charge is 0.305 e. The summed E-state index contributed by atoms with van der Waals surface area (Å²) in [5.74, 6) is -1.79. The number of hydrogen-bond acceptors (Lipinski definition) is 9. The first-order valence-corrected chi connectivity index (χ1v) is 16.6. The Labute approximate surface area is 262 Å². The number of nitrogens with one attached hydrogen (secondary N) is 2. The second-order valence-corrected chi connectivity index (χ2v) is 12.9. The molecule has 1 aliphatic carbocycles. The largest absolute Gasteiger partial charge is 0.493 e. The van der Waals surface area contributed by atoms with E-state index in [-0.39, 0.29) is 43.5 Å². The van der Waals surface area contributed by atoms with Crippen LogP contribution < -0.4 is 24.6 Å². The summed E-state index contributed by atoms with van der Waals surface area (Å²) in [6, 6.07) is 9.10. The molecule has 0 atom stereocenters. The van der Waals surface area contributed by atoms with E-state index < -0.39 is 5.92 Å². The van der Waals surface area contributed by atoms with Gasteiger partial charge in [0.25, 0.3) is 11.8 Å². The zero-order chi connectivity index (χ0) is 31.2. The van der Waals surface area contributed by atoms with E-state index in [1.54, 1.807) is 17.0 Å². The van der Waals surface area contributed by atoms with Gasteiger partial charge in [-0.25, -0.2) is 13.8 Å². The van der Waals surface area contributed by atoms with Crippen molar-refractivity contribution in [3.05, 3.63) is 36.0 Å². The molecule has 2 saturated heterocycles. The van der Waals surface area contributed by atoms with Gasteiger partial charge in [0, 0.05) is 56.9 Å². The number of methoxy groups -OCH3 is 1. The lowest BCUT2D eigenvalue weighted by Gasteiger charge is -2.35. The fourth-order valence-electron chi connectivity index (χ4n) is 5.77. The van der Waals surface area contributed by atoms with Crippen molar-refractivity contribution in [2.24, 2.45) is 5.41 Å². The van der Waals surface area contributed by atoms with E-state index in [0.29, 0.717) is 41.5 Å². The molecular weight excluding hydrogens is 588 g/mol. The van der Waals surface area contributed by atoms with Crippen molar-refractivity contribution in [2.75, 3.05) is 65.5 Å². The topological polar surface area (TPSA) is 96.0 Å². The summed E-state index contributed by atoms with van der Waals surface area (Å²) in [5.41, 5.74) is 3.18. The number of ether oxygens (including phenoxy) is 2. The number of aromatic nitrogens is 1. The van der Waals surface area contributed by atoms with E-state index in [1.807, 2.05) is 25.1 Å². The van der Waals surface area contributed by atoms with E-state index in [4.69, 9.17) is 9.47 Å². The van der Waals surface area contributed by atoms with Crippen LogP contribution in [0.15, 0.2) is 30.3 Å². The van der Waals surface area contributed by atoms with Gasteiger partial charge in [-0.1, -0.05) is 13.3 Å². The molecule has 3 heterocycles. The SMILES string of the molecule is CCCCC(=O)OCCSNc1ccc(NC(=O)c2ccc(OC)c(N3CCC(F)(F)CC3)n2)c(N2CCC3(CC2)CC3)c1. The number of rotatable bonds is 13. The van der Waals surface area contributed by atoms with Crippen molar-refractivity contribution in [3.8, 4) is 5.75 Å². The maximum atomic E-state index is 13.8. The van der Waals surface area contributed by atoms with Crippen LogP contribution in [0.5, 0.6) is 5.75 Å². The lowest BCUT2D eigenvalue weighted by atomic mass is 9.93. The lowest BCUT2D eigenvalue weighted by Crippen LogP contribution is -2.40. The average molecular weight is 632 g/mol. The fourth-order valence-corrected chi connectivity index (χ4v) is 6.33. The second kappa shape index (κ2) is 14.2. The lowest BCUT2D eigenvalue weighted by molar-refractivity contribution is -0.143. The van der Waals surface area contributed by atoms with Crippen LogP contribution >= 0.6 is 11.9 Å². The van der Waals surface area contributed by atoms with Crippen LogP contribution in [0.2, 0.25) is 0 Å². The summed E-state index contributed by atoms with van der Waals surface area (Å²) in [5, 5.41) is 3.06. The Hall–Kier alpha value is -3.28. The van der Waals surface area contributed by atoms with Crippen LogP contribution in [0.3, 0.4) is 0 Å². The average Bonchev–Trinajstić information content (AvgIpc) is 3.79. The molecule has 0 unspecified atom stereocenters. The van der Waals surface area contributed by atoms with Gasteiger partial charge < -0.3 is 29.3 Å². The number of nitrogens with zero attached hydrogens (tertiary/aromatic N) is 3. The number of piperidine rings is 2. The molecule has 3 fully saturated rings. The summed E-state index contributed by atoms with van der Waals surface area (Å²) in [6.07, 6.45) is 6.58. The van der Waals surface area contributed by atoms with Crippen LogP contribution in [-0.4, -0.2) is 68.4 Å². The molecule has 44 heavy (non-hydrogen) atoms. The van der Waals surface area contributed by atoms with E-state index in [0.717, 1.165) is 50.1 Å². The molecule has 9 nitrogen and oxygen atoms in total. The summed E-state index contributed by atoms with van der Waals surface area (Å²) >= 11 is 1.47. The number of pyridine rings is 1. The second-order valence-electron chi connectivity index (χ2n) is 12.0. The highest BCUT2D eigenvalue weighted by Crippen LogP contribution is 2.54. The number of halogens is 2. The van der Waals surface area contributed by atoms with Crippen molar-refractivity contribution < 1.29 is 27.8 Å². The van der Waals surface area contributed by atoms with Gasteiger partial charge in [0.2, 0.25) is 0 Å². The summed E-state index contributed by atoms with van der Waals surface area (Å²) in [6.45, 7) is 4.48. The molecule has 1 aromatic carbocycles. The van der Waals surface area contributed by atoms with Gasteiger partial charge in [0.05, 0.1) is 18.5 Å². The number of amides is 1. The number of carbonyl (C=O) groups excluding carboxylic acids is 2. The Bertz CT molecular complexity index is 1310. The molecule has 0 bridgehead atoms. The number of unbranched alkanes of at least 4 members (excludes halogenated alkanes) is 1. The highest BCUT2D eigenvalue weighted by molar-refractivity contribution is 8.00.